The van der Waals surface area contributed by atoms with Crippen molar-refractivity contribution in [1.29, 1.82) is 0 Å². The van der Waals surface area contributed by atoms with Crippen LogP contribution >= 0.6 is 0 Å². The van der Waals surface area contributed by atoms with E-state index in [-0.39, 0.29) is 29.8 Å². The number of benzene rings is 1. The fourth-order valence-corrected chi connectivity index (χ4v) is 3.45. The Morgan fingerprint density at radius 3 is 2.65 bits per heavy atom. The predicted molar refractivity (Wildman–Crippen MR) is 97.0 cm³/mol. The Hall–Kier alpha value is -1.70. The highest BCUT2D eigenvalue weighted by molar-refractivity contribution is 5.51. The van der Waals surface area contributed by atoms with Crippen molar-refractivity contribution in [3.8, 4) is 11.5 Å². The van der Waals surface area contributed by atoms with Crippen molar-refractivity contribution < 1.29 is 17.1 Å². The number of hydrogen-bond acceptors (Lipinski definition) is 2. The van der Waals surface area contributed by atoms with E-state index in [2.05, 4.69) is 12.7 Å². The molecule has 23 heavy (non-hydrogen) atoms. The molecule has 0 saturated carbocycles. The summed E-state index contributed by atoms with van der Waals surface area (Å²) in [7, 11) is 0. The summed E-state index contributed by atoms with van der Waals surface area (Å²) in [5, 5.41) is 21.2. The highest BCUT2D eigenvalue weighted by Crippen LogP contribution is 2.46. The third kappa shape index (κ3) is 4.19. The minimum atomic E-state index is -2.66. The maximum Gasteiger partial charge on any atom is 0.123 e. The third-order valence-electron chi connectivity index (χ3n) is 4.68. The van der Waals surface area contributed by atoms with Gasteiger partial charge in [0, 0.05) is 18.3 Å². The van der Waals surface area contributed by atoms with Gasteiger partial charge in [-0.1, -0.05) is 43.4 Å². The molecule has 0 aromatic heterocycles. The zero-order chi connectivity index (χ0) is 21.3. The summed E-state index contributed by atoms with van der Waals surface area (Å²) < 4.78 is 37.1. The lowest BCUT2D eigenvalue weighted by atomic mass is 9.73. The second-order valence-corrected chi connectivity index (χ2v) is 6.61. The van der Waals surface area contributed by atoms with Crippen molar-refractivity contribution in [2.24, 2.45) is 5.92 Å². The number of rotatable bonds is 6. The molecular formula is C21H30O2. The van der Waals surface area contributed by atoms with Crippen LogP contribution in [-0.2, 0) is 6.42 Å². The van der Waals surface area contributed by atoms with E-state index < -0.39 is 13.2 Å². The summed E-state index contributed by atoms with van der Waals surface area (Å²) in [6, 6.07) is 3.18. The van der Waals surface area contributed by atoms with E-state index in [9.17, 15) is 10.2 Å². The van der Waals surface area contributed by atoms with Gasteiger partial charge in [-0.25, -0.2) is 0 Å². The molecule has 0 heterocycles. The minimum absolute atomic E-state index is 0.0102. The topological polar surface area (TPSA) is 40.5 Å². The van der Waals surface area contributed by atoms with E-state index in [1.54, 1.807) is 12.1 Å². The molecule has 2 nitrogen and oxygen atoms in total. The lowest BCUT2D eigenvalue weighted by molar-refractivity contribution is 0.406. The Balaban J connectivity index is 2.21. The van der Waals surface area contributed by atoms with Crippen LogP contribution in [0, 0.1) is 5.92 Å². The van der Waals surface area contributed by atoms with Gasteiger partial charge in [0.05, 0.1) is 0 Å². The molecular weight excluding hydrogens is 284 g/mol. The van der Waals surface area contributed by atoms with E-state index in [0.717, 1.165) is 18.4 Å². The van der Waals surface area contributed by atoms with Gasteiger partial charge in [0.15, 0.2) is 0 Å². The molecule has 0 saturated heterocycles. The second kappa shape index (κ2) is 7.72. The van der Waals surface area contributed by atoms with Gasteiger partial charge in [0.1, 0.15) is 11.5 Å². The van der Waals surface area contributed by atoms with Gasteiger partial charge in [-0.15, -0.1) is 0 Å². The molecule has 0 radical (unpaired) electrons. The van der Waals surface area contributed by atoms with Crippen LogP contribution in [0.1, 0.15) is 76.7 Å². The molecule has 1 aliphatic rings. The average Bonchev–Trinajstić information content (AvgIpc) is 2.52. The maximum absolute atomic E-state index is 10.6. The number of phenolic OH excluding ortho intramolecular Hbond substituents is 2. The normalized spacial score (nSPS) is 25.5. The first-order valence-corrected chi connectivity index (χ1v) is 8.21. The number of aromatic hydroxyl groups is 2. The largest absolute Gasteiger partial charge is 0.507 e. The smallest absolute Gasteiger partial charge is 0.123 e. The summed E-state index contributed by atoms with van der Waals surface area (Å²) in [6.45, 7) is 5.41. The first-order chi connectivity index (χ1) is 12.8. The van der Waals surface area contributed by atoms with Crippen LogP contribution in [0.4, 0.5) is 0 Å². The summed E-state index contributed by atoms with van der Waals surface area (Å²) in [4.78, 5) is 0. The second-order valence-electron chi connectivity index (χ2n) is 6.61. The Labute approximate surface area is 147 Å². The molecule has 0 aliphatic heterocycles. The summed E-state index contributed by atoms with van der Waals surface area (Å²) in [6.07, 6.45) is 2.29. The van der Waals surface area contributed by atoms with Crippen LogP contribution in [0.5, 0.6) is 11.5 Å². The zero-order valence-electron chi connectivity index (χ0n) is 19.0. The Morgan fingerprint density at radius 2 is 2.04 bits per heavy atom. The minimum Gasteiger partial charge on any atom is -0.507 e. The predicted octanol–water partition coefficient (Wildman–Crippen LogP) is 5.85. The molecule has 2 N–H and O–H groups in total. The first kappa shape index (κ1) is 11.8. The van der Waals surface area contributed by atoms with Crippen molar-refractivity contribution >= 4 is 0 Å². The van der Waals surface area contributed by atoms with Gasteiger partial charge in [0.25, 0.3) is 0 Å². The first-order valence-electron chi connectivity index (χ1n) is 10.7. The highest BCUT2D eigenvalue weighted by atomic mass is 16.3. The molecule has 1 aliphatic carbocycles. The summed E-state index contributed by atoms with van der Waals surface area (Å²) in [5.74, 6) is 0.0370. The number of hydrogen-bond donors (Lipinski definition) is 2. The van der Waals surface area contributed by atoms with Crippen molar-refractivity contribution in [2.45, 2.75) is 65.1 Å². The van der Waals surface area contributed by atoms with Crippen LogP contribution in [0.2, 0.25) is 0 Å². The Morgan fingerprint density at radius 1 is 1.35 bits per heavy atom. The molecule has 1 aromatic rings. The van der Waals surface area contributed by atoms with Crippen molar-refractivity contribution in [2.75, 3.05) is 0 Å². The van der Waals surface area contributed by atoms with Crippen LogP contribution in [-0.4, -0.2) is 10.2 Å². The standard InChI is InChI=1S/C21H30O2/c1-5-6-7-8-16-12-19(22)21(20(23)13-16)18-11-15(4)9-10-17(18)14(2)3/h11-13,17-18,22-23H,2,5-10H2,1,3-4H3/t17-,18+/m0/s1/i1D3,5D2. The molecule has 2 rings (SSSR count). The van der Waals surface area contributed by atoms with Crippen molar-refractivity contribution in [3.05, 3.63) is 47.1 Å². The summed E-state index contributed by atoms with van der Waals surface area (Å²) in [5.41, 5.74) is 3.39. The van der Waals surface area contributed by atoms with E-state index in [1.807, 2.05) is 13.8 Å². The zero-order valence-corrected chi connectivity index (χ0v) is 14.0. The molecule has 0 spiro atoms. The van der Waals surface area contributed by atoms with Gasteiger partial charge in [-0.05, 0) is 63.1 Å². The SMILES string of the molecule is [2H]C([2H])([2H])C([2H])([2H])CCCc1cc(O)c([C@@H]2C=C(C)CC[C@H]2C(=C)C)c(O)c1. The summed E-state index contributed by atoms with van der Waals surface area (Å²) >= 11 is 0. The maximum atomic E-state index is 10.6. The molecule has 0 amide bonds. The van der Waals surface area contributed by atoms with Crippen LogP contribution in [0.15, 0.2) is 35.9 Å². The van der Waals surface area contributed by atoms with E-state index in [1.165, 1.54) is 5.57 Å². The van der Waals surface area contributed by atoms with Crippen molar-refractivity contribution in [3.63, 3.8) is 0 Å². The highest BCUT2D eigenvalue weighted by Gasteiger charge is 2.29. The Bertz CT molecular complexity index is 742. The monoisotopic (exact) mass is 319 g/mol. The van der Waals surface area contributed by atoms with Crippen molar-refractivity contribution in [1.82, 2.24) is 0 Å². The van der Waals surface area contributed by atoms with Gasteiger partial charge in [-0.2, -0.15) is 0 Å². The van der Waals surface area contributed by atoms with E-state index in [4.69, 9.17) is 6.85 Å². The molecule has 2 atom stereocenters. The molecule has 0 bridgehead atoms. The molecule has 126 valence electrons. The fraction of sp³-hybridized carbons (Fsp3) is 0.524. The van der Waals surface area contributed by atoms with Gasteiger partial charge >= 0.3 is 0 Å². The number of aryl methyl sites for hydroxylation is 1. The molecule has 0 unspecified atom stereocenters. The number of allylic oxidation sites excluding steroid dienone is 3. The van der Waals surface area contributed by atoms with Crippen LogP contribution in [0.25, 0.3) is 0 Å². The Kier molecular flexibility index (Phi) is 3.95. The van der Waals surface area contributed by atoms with E-state index >= 15 is 0 Å². The molecule has 2 heteroatoms. The third-order valence-corrected chi connectivity index (χ3v) is 4.68. The lowest BCUT2D eigenvalue weighted by Crippen LogP contribution is -2.17. The fourth-order valence-electron chi connectivity index (χ4n) is 3.45. The average molecular weight is 319 g/mol. The van der Waals surface area contributed by atoms with E-state index in [0.29, 0.717) is 24.0 Å². The van der Waals surface area contributed by atoms with Gasteiger partial charge in [-0.3, -0.25) is 0 Å². The van der Waals surface area contributed by atoms with Gasteiger partial charge < -0.3 is 10.2 Å². The molecule has 1 aromatic carbocycles. The molecule has 0 fully saturated rings. The van der Waals surface area contributed by atoms with Crippen LogP contribution < -0.4 is 0 Å². The van der Waals surface area contributed by atoms with Gasteiger partial charge in [0.2, 0.25) is 0 Å². The quantitative estimate of drug-likeness (QED) is 0.646. The van der Waals surface area contributed by atoms with Crippen LogP contribution in [0.3, 0.4) is 0 Å². The number of phenols is 2. The lowest BCUT2D eigenvalue weighted by Gasteiger charge is -2.31.